The molecule has 0 spiro atoms. The molecule has 1 aromatic rings. The number of piperidine rings is 1. The summed E-state index contributed by atoms with van der Waals surface area (Å²) < 4.78 is 0. The zero-order valence-corrected chi connectivity index (χ0v) is 10.4. The highest BCUT2D eigenvalue weighted by atomic mass is 32.1. The summed E-state index contributed by atoms with van der Waals surface area (Å²) in [6.45, 7) is 1.71. The van der Waals surface area contributed by atoms with Gasteiger partial charge in [-0.3, -0.25) is 4.79 Å². The molecule has 1 saturated heterocycles. The van der Waals surface area contributed by atoms with E-state index in [0.717, 1.165) is 31.6 Å². The summed E-state index contributed by atoms with van der Waals surface area (Å²) >= 11 is 1.36. The van der Waals surface area contributed by atoms with E-state index >= 15 is 0 Å². The van der Waals surface area contributed by atoms with Crippen LogP contribution in [0.4, 0.5) is 5.13 Å². The van der Waals surface area contributed by atoms with Gasteiger partial charge in [0, 0.05) is 25.1 Å². The van der Waals surface area contributed by atoms with Gasteiger partial charge in [-0.1, -0.05) is 0 Å². The zero-order chi connectivity index (χ0) is 12.3. The Bertz CT molecular complexity index is 386. The lowest BCUT2D eigenvalue weighted by Crippen LogP contribution is -2.40. The molecule has 1 amide bonds. The molecule has 0 bridgehead atoms. The second-order valence-corrected chi connectivity index (χ2v) is 5.25. The molecule has 17 heavy (non-hydrogen) atoms. The molecule has 3 N–H and O–H groups in total. The van der Waals surface area contributed by atoms with Crippen molar-refractivity contribution in [2.75, 3.05) is 25.4 Å². The number of rotatable bonds is 3. The van der Waals surface area contributed by atoms with Crippen molar-refractivity contribution in [1.82, 2.24) is 9.88 Å². The van der Waals surface area contributed by atoms with Crippen molar-refractivity contribution in [1.29, 1.82) is 0 Å². The van der Waals surface area contributed by atoms with Gasteiger partial charge in [-0.25, -0.2) is 4.98 Å². The first-order valence-electron chi connectivity index (χ1n) is 5.77. The number of amides is 1. The first-order chi connectivity index (χ1) is 8.19. The topological polar surface area (TPSA) is 79.5 Å². The van der Waals surface area contributed by atoms with Gasteiger partial charge in [-0.15, -0.1) is 11.3 Å². The molecular formula is C11H17N3O2S. The van der Waals surface area contributed by atoms with Crippen LogP contribution >= 0.6 is 11.3 Å². The van der Waals surface area contributed by atoms with Gasteiger partial charge in [0.25, 0.3) is 0 Å². The summed E-state index contributed by atoms with van der Waals surface area (Å²) in [5.41, 5.74) is 6.28. The minimum absolute atomic E-state index is 0.103. The second-order valence-electron chi connectivity index (χ2n) is 4.36. The summed E-state index contributed by atoms with van der Waals surface area (Å²) in [4.78, 5) is 17.9. The number of aliphatic hydroxyl groups excluding tert-OH is 1. The molecule has 0 aromatic carbocycles. The van der Waals surface area contributed by atoms with Gasteiger partial charge >= 0.3 is 0 Å². The fourth-order valence-corrected chi connectivity index (χ4v) is 2.60. The smallest absolute Gasteiger partial charge is 0.228 e. The molecular weight excluding hydrogens is 238 g/mol. The monoisotopic (exact) mass is 255 g/mol. The maximum atomic E-state index is 12.0. The van der Waals surface area contributed by atoms with Gasteiger partial charge in [-0.05, 0) is 18.8 Å². The second kappa shape index (κ2) is 5.46. The van der Waals surface area contributed by atoms with Gasteiger partial charge in [0.2, 0.25) is 5.91 Å². The number of nitrogens with zero attached hydrogens (tertiary/aromatic N) is 2. The van der Waals surface area contributed by atoms with E-state index in [0.29, 0.717) is 17.5 Å². The van der Waals surface area contributed by atoms with E-state index in [9.17, 15) is 4.79 Å². The normalized spacial score (nSPS) is 17.4. The van der Waals surface area contributed by atoms with Crippen molar-refractivity contribution >= 4 is 22.4 Å². The number of nitrogen functional groups attached to an aromatic ring is 1. The fourth-order valence-electron chi connectivity index (χ4n) is 2.04. The SMILES string of the molecule is Nc1nc(CC(=O)N2CCC(CO)CC2)cs1. The Balaban J connectivity index is 1.85. The van der Waals surface area contributed by atoms with E-state index in [2.05, 4.69) is 4.98 Å². The number of anilines is 1. The standard InChI is InChI=1S/C11H17N3O2S/c12-11-13-9(7-17-11)5-10(16)14-3-1-8(6-15)2-4-14/h7-8,15H,1-6H2,(H2,12,13). The van der Waals surface area contributed by atoms with Gasteiger partial charge in [0.15, 0.2) is 5.13 Å². The van der Waals surface area contributed by atoms with Crippen LogP contribution in [0.1, 0.15) is 18.5 Å². The van der Waals surface area contributed by atoms with Crippen LogP contribution in [0.5, 0.6) is 0 Å². The van der Waals surface area contributed by atoms with E-state index < -0.39 is 0 Å². The van der Waals surface area contributed by atoms with Crippen molar-refractivity contribution < 1.29 is 9.90 Å². The van der Waals surface area contributed by atoms with Crippen LogP contribution in [0.15, 0.2) is 5.38 Å². The average Bonchev–Trinajstić information content (AvgIpc) is 2.75. The summed E-state index contributed by atoms with van der Waals surface area (Å²) in [6.07, 6.45) is 2.11. The third kappa shape index (κ3) is 3.17. The molecule has 0 unspecified atom stereocenters. The highest BCUT2D eigenvalue weighted by Crippen LogP contribution is 2.18. The highest BCUT2D eigenvalue weighted by Gasteiger charge is 2.22. The Morgan fingerprint density at radius 2 is 2.29 bits per heavy atom. The number of likely N-dealkylation sites (tertiary alicyclic amines) is 1. The van der Waals surface area contributed by atoms with Gasteiger partial charge < -0.3 is 15.7 Å². The Labute approximate surface area is 104 Å². The molecule has 5 nitrogen and oxygen atoms in total. The molecule has 1 fully saturated rings. The van der Waals surface area contributed by atoms with Crippen LogP contribution in [-0.2, 0) is 11.2 Å². The number of thiazole rings is 1. The molecule has 2 rings (SSSR count). The first-order valence-corrected chi connectivity index (χ1v) is 6.65. The minimum atomic E-state index is 0.103. The van der Waals surface area contributed by atoms with E-state index in [1.807, 2.05) is 10.3 Å². The Morgan fingerprint density at radius 1 is 1.59 bits per heavy atom. The molecule has 2 heterocycles. The largest absolute Gasteiger partial charge is 0.396 e. The van der Waals surface area contributed by atoms with Crippen LogP contribution < -0.4 is 5.73 Å². The predicted molar refractivity (Wildman–Crippen MR) is 66.6 cm³/mol. The molecule has 0 atom stereocenters. The van der Waals surface area contributed by atoms with Gasteiger partial charge in [0.1, 0.15) is 0 Å². The maximum absolute atomic E-state index is 12.0. The maximum Gasteiger partial charge on any atom is 0.228 e. The zero-order valence-electron chi connectivity index (χ0n) is 9.63. The van der Waals surface area contributed by atoms with E-state index in [4.69, 9.17) is 10.8 Å². The predicted octanol–water partition coefficient (Wildman–Crippen LogP) is 0.499. The lowest BCUT2D eigenvalue weighted by atomic mass is 9.97. The van der Waals surface area contributed by atoms with Crippen LogP contribution in [-0.4, -0.2) is 40.6 Å². The number of hydrogen-bond acceptors (Lipinski definition) is 5. The molecule has 1 aromatic heterocycles. The summed E-state index contributed by atoms with van der Waals surface area (Å²) in [7, 11) is 0. The Kier molecular flexibility index (Phi) is 3.96. The number of carbonyl (C=O) groups excluding carboxylic acids is 1. The molecule has 6 heteroatoms. The van der Waals surface area contributed by atoms with Crippen molar-refractivity contribution in [2.45, 2.75) is 19.3 Å². The van der Waals surface area contributed by atoms with Crippen LogP contribution in [0.3, 0.4) is 0 Å². The lowest BCUT2D eigenvalue weighted by molar-refractivity contribution is -0.132. The summed E-state index contributed by atoms with van der Waals surface area (Å²) in [5.74, 6) is 0.459. The van der Waals surface area contributed by atoms with Crippen molar-refractivity contribution in [3.8, 4) is 0 Å². The van der Waals surface area contributed by atoms with E-state index in [1.54, 1.807) is 0 Å². The van der Waals surface area contributed by atoms with Crippen molar-refractivity contribution in [3.63, 3.8) is 0 Å². The Hall–Kier alpha value is -1.14. The van der Waals surface area contributed by atoms with Gasteiger partial charge in [-0.2, -0.15) is 0 Å². The van der Waals surface area contributed by atoms with Crippen LogP contribution in [0.2, 0.25) is 0 Å². The van der Waals surface area contributed by atoms with Crippen molar-refractivity contribution in [2.24, 2.45) is 5.92 Å². The minimum Gasteiger partial charge on any atom is -0.396 e. The number of nitrogens with two attached hydrogens (primary N) is 1. The summed E-state index contributed by atoms with van der Waals surface area (Å²) in [6, 6.07) is 0. The third-order valence-electron chi connectivity index (χ3n) is 3.13. The molecule has 94 valence electrons. The van der Waals surface area contributed by atoms with Crippen molar-refractivity contribution in [3.05, 3.63) is 11.1 Å². The molecule has 1 aliphatic rings. The lowest BCUT2D eigenvalue weighted by Gasteiger charge is -2.31. The number of hydrogen-bond donors (Lipinski definition) is 2. The van der Waals surface area contributed by atoms with Crippen LogP contribution in [0, 0.1) is 5.92 Å². The first kappa shape index (κ1) is 12.3. The highest BCUT2D eigenvalue weighted by molar-refractivity contribution is 7.13. The van der Waals surface area contributed by atoms with Gasteiger partial charge in [0.05, 0.1) is 12.1 Å². The number of carbonyl (C=O) groups is 1. The molecule has 0 saturated carbocycles. The number of aliphatic hydroxyl groups is 1. The molecule has 1 aliphatic heterocycles. The Morgan fingerprint density at radius 3 is 2.82 bits per heavy atom. The number of aromatic nitrogens is 1. The van der Waals surface area contributed by atoms with Crippen LogP contribution in [0.25, 0.3) is 0 Å². The molecule has 0 radical (unpaired) electrons. The average molecular weight is 255 g/mol. The third-order valence-corrected chi connectivity index (χ3v) is 3.85. The van der Waals surface area contributed by atoms with E-state index in [-0.39, 0.29) is 12.5 Å². The van der Waals surface area contributed by atoms with E-state index in [1.165, 1.54) is 11.3 Å². The quantitative estimate of drug-likeness (QED) is 0.824. The summed E-state index contributed by atoms with van der Waals surface area (Å²) in [5, 5.41) is 11.4. The fraction of sp³-hybridized carbons (Fsp3) is 0.636. The molecule has 0 aliphatic carbocycles.